The van der Waals surface area contributed by atoms with E-state index in [0.717, 1.165) is 5.56 Å². The fraction of sp³-hybridized carbons (Fsp3) is 0.316. The molecule has 27 heavy (non-hydrogen) atoms. The summed E-state index contributed by atoms with van der Waals surface area (Å²) in [5, 5.41) is 0. The molecular formula is C19H23FN2O4S. The lowest BCUT2D eigenvalue weighted by molar-refractivity contribution is 0.0784. The lowest BCUT2D eigenvalue weighted by Crippen LogP contribution is -2.29. The Morgan fingerprint density at radius 3 is 2.48 bits per heavy atom. The van der Waals surface area contributed by atoms with E-state index in [1.807, 2.05) is 0 Å². The fourth-order valence-electron chi connectivity index (χ4n) is 2.50. The van der Waals surface area contributed by atoms with Gasteiger partial charge < -0.3 is 9.64 Å². The van der Waals surface area contributed by atoms with Gasteiger partial charge in [0.2, 0.25) is 10.0 Å². The Kier molecular flexibility index (Phi) is 7.06. The van der Waals surface area contributed by atoms with Gasteiger partial charge in [0.25, 0.3) is 5.91 Å². The third-order valence-electron chi connectivity index (χ3n) is 4.03. The van der Waals surface area contributed by atoms with Crippen LogP contribution >= 0.6 is 0 Å². The van der Waals surface area contributed by atoms with Crippen LogP contribution in [0.25, 0.3) is 0 Å². The topological polar surface area (TPSA) is 75.7 Å². The first kappa shape index (κ1) is 21.0. The van der Waals surface area contributed by atoms with Gasteiger partial charge in [0.1, 0.15) is 5.82 Å². The number of methoxy groups -OCH3 is 1. The van der Waals surface area contributed by atoms with E-state index in [9.17, 15) is 17.6 Å². The zero-order chi connectivity index (χ0) is 20.0. The lowest BCUT2D eigenvalue weighted by Gasteiger charge is -2.19. The molecule has 0 aromatic heterocycles. The summed E-state index contributed by atoms with van der Waals surface area (Å²) in [6.07, 6.45) is 0. The minimum Gasteiger partial charge on any atom is -0.383 e. The average molecular weight is 394 g/mol. The molecule has 0 saturated heterocycles. The standard InChI is InChI=1S/C19H23FN2O4S/c1-14-4-9-17(27(24,25)21-10-11-26-3)12-18(14)19(23)22(2)13-15-5-7-16(20)8-6-15/h4-9,12,21H,10-11,13H2,1-3H3. The fourth-order valence-corrected chi connectivity index (χ4v) is 3.54. The number of carbonyl (C=O) groups is 1. The van der Waals surface area contributed by atoms with Gasteiger partial charge in [0.15, 0.2) is 0 Å². The molecule has 0 heterocycles. The van der Waals surface area contributed by atoms with Crippen molar-refractivity contribution < 1.29 is 22.3 Å². The van der Waals surface area contributed by atoms with E-state index in [1.54, 1.807) is 32.2 Å². The first-order valence-corrected chi connectivity index (χ1v) is 9.82. The summed E-state index contributed by atoms with van der Waals surface area (Å²) in [6, 6.07) is 10.3. The van der Waals surface area contributed by atoms with Crippen LogP contribution < -0.4 is 4.72 Å². The van der Waals surface area contributed by atoms with Crippen LogP contribution in [0, 0.1) is 12.7 Å². The van der Waals surface area contributed by atoms with Crippen molar-refractivity contribution in [2.24, 2.45) is 0 Å². The molecule has 0 bridgehead atoms. The number of carbonyl (C=O) groups excluding carboxylic acids is 1. The Hall–Kier alpha value is -2.29. The summed E-state index contributed by atoms with van der Waals surface area (Å²) >= 11 is 0. The highest BCUT2D eigenvalue weighted by atomic mass is 32.2. The molecule has 0 spiro atoms. The largest absolute Gasteiger partial charge is 0.383 e. The summed E-state index contributed by atoms with van der Waals surface area (Å²) in [5.74, 6) is -0.659. The quantitative estimate of drug-likeness (QED) is 0.698. The van der Waals surface area contributed by atoms with Crippen LogP contribution in [-0.4, -0.2) is 46.5 Å². The number of hydrogen-bond donors (Lipinski definition) is 1. The number of rotatable bonds is 8. The number of amides is 1. The van der Waals surface area contributed by atoms with Crippen LogP contribution in [0.1, 0.15) is 21.5 Å². The van der Waals surface area contributed by atoms with Gasteiger partial charge in [-0.2, -0.15) is 0 Å². The van der Waals surface area contributed by atoms with Crippen LogP contribution in [0.5, 0.6) is 0 Å². The van der Waals surface area contributed by atoms with E-state index in [2.05, 4.69) is 4.72 Å². The van der Waals surface area contributed by atoms with Crippen molar-refractivity contribution in [2.75, 3.05) is 27.3 Å². The van der Waals surface area contributed by atoms with Crippen molar-refractivity contribution >= 4 is 15.9 Å². The molecule has 0 fully saturated rings. The van der Waals surface area contributed by atoms with Crippen LogP contribution in [0.2, 0.25) is 0 Å². The maximum atomic E-state index is 13.0. The van der Waals surface area contributed by atoms with Crippen molar-refractivity contribution in [1.29, 1.82) is 0 Å². The predicted octanol–water partition coefficient (Wildman–Crippen LogP) is 2.33. The Labute approximate surface area is 159 Å². The van der Waals surface area contributed by atoms with E-state index in [-0.39, 0.29) is 36.3 Å². The Morgan fingerprint density at radius 2 is 1.85 bits per heavy atom. The molecule has 0 unspecified atom stereocenters. The molecule has 0 aliphatic carbocycles. The Bertz CT molecular complexity index is 898. The number of aryl methyl sites for hydroxylation is 1. The zero-order valence-electron chi connectivity index (χ0n) is 15.5. The van der Waals surface area contributed by atoms with Gasteiger partial charge in [-0.15, -0.1) is 0 Å². The third-order valence-corrected chi connectivity index (χ3v) is 5.49. The zero-order valence-corrected chi connectivity index (χ0v) is 16.3. The highest BCUT2D eigenvalue weighted by molar-refractivity contribution is 7.89. The molecule has 0 saturated carbocycles. The third kappa shape index (κ3) is 5.59. The number of hydrogen-bond acceptors (Lipinski definition) is 4. The van der Waals surface area contributed by atoms with Crippen LogP contribution in [0.4, 0.5) is 4.39 Å². The number of ether oxygens (including phenoxy) is 1. The van der Waals surface area contributed by atoms with Gasteiger partial charge in [-0.25, -0.2) is 17.5 Å². The van der Waals surface area contributed by atoms with Gasteiger partial charge in [-0.3, -0.25) is 4.79 Å². The van der Waals surface area contributed by atoms with Gasteiger partial charge in [0, 0.05) is 32.8 Å². The number of nitrogens with zero attached hydrogens (tertiary/aromatic N) is 1. The number of halogens is 1. The van der Waals surface area contributed by atoms with Crippen molar-refractivity contribution in [2.45, 2.75) is 18.4 Å². The van der Waals surface area contributed by atoms with E-state index < -0.39 is 10.0 Å². The first-order chi connectivity index (χ1) is 12.7. The molecule has 0 aliphatic heterocycles. The van der Waals surface area contributed by atoms with Crippen molar-refractivity contribution in [1.82, 2.24) is 9.62 Å². The predicted molar refractivity (Wildman–Crippen MR) is 100 cm³/mol. The van der Waals surface area contributed by atoms with E-state index in [4.69, 9.17) is 4.74 Å². The maximum absolute atomic E-state index is 13.0. The second kappa shape index (κ2) is 9.07. The van der Waals surface area contributed by atoms with Crippen LogP contribution in [0.15, 0.2) is 47.4 Å². The summed E-state index contributed by atoms with van der Waals surface area (Å²) in [5.41, 5.74) is 1.74. The molecule has 1 amide bonds. The van der Waals surface area contributed by atoms with E-state index >= 15 is 0 Å². The van der Waals surface area contributed by atoms with Crippen molar-refractivity contribution in [3.8, 4) is 0 Å². The highest BCUT2D eigenvalue weighted by Gasteiger charge is 2.20. The Balaban J connectivity index is 2.21. The summed E-state index contributed by atoms with van der Waals surface area (Å²) in [4.78, 5) is 14.3. The van der Waals surface area contributed by atoms with Gasteiger partial charge in [-0.05, 0) is 42.3 Å². The number of benzene rings is 2. The minimum atomic E-state index is -3.74. The molecule has 0 aliphatic rings. The van der Waals surface area contributed by atoms with Gasteiger partial charge in [-0.1, -0.05) is 18.2 Å². The monoisotopic (exact) mass is 394 g/mol. The molecule has 6 nitrogen and oxygen atoms in total. The molecule has 2 aromatic carbocycles. The molecular weight excluding hydrogens is 371 g/mol. The van der Waals surface area contributed by atoms with Crippen LogP contribution in [-0.2, 0) is 21.3 Å². The average Bonchev–Trinajstić information content (AvgIpc) is 2.63. The molecule has 0 atom stereocenters. The van der Waals surface area contributed by atoms with Crippen molar-refractivity contribution in [3.05, 3.63) is 65.0 Å². The molecule has 146 valence electrons. The van der Waals surface area contributed by atoms with Gasteiger partial charge >= 0.3 is 0 Å². The highest BCUT2D eigenvalue weighted by Crippen LogP contribution is 2.18. The molecule has 2 rings (SSSR count). The van der Waals surface area contributed by atoms with Crippen molar-refractivity contribution in [3.63, 3.8) is 0 Å². The number of sulfonamides is 1. The number of nitrogens with one attached hydrogen (secondary N) is 1. The maximum Gasteiger partial charge on any atom is 0.254 e. The SMILES string of the molecule is COCCNS(=O)(=O)c1ccc(C)c(C(=O)N(C)Cc2ccc(F)cc2)c1. The van der Waals surface area contributed by atoms with Gasteiger partial charge in [0.05, 0.1) is 11.5 Å². The van der Waals surface area contributed by atoms with E-state index in [0.29, 0.717) is 11.1 Å². The lowest BCUT2D eigenvalue weighted by atomic mass is 10.1. The smallest absolute Gasteiger partial charge is 0.254 e. The molecule has 0 radical (unpaired) electrons. The second-order valence-corrected chi connectivity index (χ2v) is 7.92. The molecule has 8 heteroatoms. The summed E-state index contributed by atoms with van der Waals surface area (Å²) in [6.45, 7) is 2.41. The summed E-state index contributed by atoms with van der Waals surface area (Å²) in [7, 11) is -0.643. The molecule has 1 N–H and O–H groups in total. The minimum absolute atomic E-state index is 0.0164. The summed E-state index contributed by atoms with van der Waals surface area (Å²) < 4.78 is 45.0. The Morgan fingerprint density at radius 1 is 1.19 bits per heavy atom. The first-order valence-electron chi connectivity index (χ1n) is 8.34. The second-order valence-electron chi connectivity index (χ2n) is 6.15. The normalized spacial score (nSPS) is 11.4. The van der Waals surface area contributed by atoms with E-state index in [1.165, 1.54) is 36.3 Å². The van der Waals surface area contributed by atoms with Crippen LogP contribution in [0.3, 0.4) is 0 Å². The molecule has 2 aromatic rings.